The Morgan fingerprint density at radius 2 is 1.67 bits per heavy atom. The van der Waals surface area contributed by atoms with Crippen molar-refractivity contribution in [2.24, 2.45) is 5.73 Å². The predicted octanol–water partition coefficient (Wildman–Crippen LogP) is -1.29. The van der Waals surface area contributed by atoms with Crippen molar-refractivity contribution >= 4 is 15.2 Å². The van der Waals surface area contributed by atoms with Gasteiger partial charge in [-0.25, -0.2) is 0 Å². The largest absolute Gasteiger partial charge is 0.357 e. The number of nitrogens with one attached hydrogen (secondary N) is 1. The van der Waals surface area contributed by atoms with Gasteiger partial charge in [-0.05, 0) is 13.0 Å². The minimum atomic E-state index is -4.99. The lowest BCUT2D eigenvalue weighted by atomic mass is 10.1. The van der Waals surface area contributed by atoms with E-state index in [0.29, 0.717) is 6.42 Å². The fourth-order valence-electron chi connectivity index (χ4n) is 1.61. The van der Waals surface area contributed by atoms with Crippen molar-refractivity contribution in [3.63, 3.8) is 0 Å². The highest BCUT2D eigenvalue weighted by atomic mass is 31.2. The van der Waals surface area contributed by atoms with Crippen LogP contribution in [0.2, 0.25) is 0 Å². The van der Waals surface area contributed by atoms with E-state index in [1.807, 2.05) is 0 Å². The molecular formula is C5H14N2O6P2. The van der Waals surface area contributed by atoms with Gasteiger partial charge in [-0.3, -0.25) is 14.4 Å². The Bertz CT molecular complexity index is 312. The molecule has 0 bridgehead atoms. The van der Waals surface area contributed by atoms with Crippen LogP contribution in [0.5, 0.6) is 0 Å². The Labute approximate surface area is 86.2 Å². The van der Waals surface area contributed by atoms with Gasteiger partial charge in [-0.1, -0.05) is 0 Å². The van der Waals surface area contributed by atoms with Gasteiger partial charge < -0.3 is 25.3 Å². The third-order valence-electron chi connectivity index (χ3n) is 2.43. The topological polar surface area (TPSA) is 153 Å². The van der Waals surface area contributed by atoms with E-state index in [2.05, 4.69) is 5.32 Å². The van der Waals surface area contributed by atoms with Crippen LogP contribution < -0.4 is 11.1 Å². The van der Waals surface area contributed by atoms with E-state index in [4.69, 9.17) is 25.3 Å². The van der Waals surface area contributed by atoms with Crippen molar-refractivity contribution in [3.8, 4) is 0 Å². The molecule has 90 valence electrons. The molecule has 1 unspecified atom stereocenters. The normalized spacial score (nSPS) is 27.7. The van der Waals surface area contributed by atoms with Crippen molar-refractivity contribution in [2.75, 3.05) is 6.54 Å². The molecule has 1 saturated heterocycles. The second-order valence-electron chi connectivity index (χ2n) is 3.58. The van der Waals surface area contributed by atoms with Gasteiger partial charge in [0.05, 0.1) is 0 Å². The zero-order valence-corrected chi connectivity index (χ0v) is 9.56. The quantitative estimate of drug-likeness (QED) is 0.335. The van der Waals surface area contributed by atoms with Crippen molar-refractivity contribution in [1.29, 1.82) is 0 Å². The molecule has 1 atom stereocenters. The molecule has 0 radical (unpaired) electrons. The summed E-state index contributed by atoms with van der Waals surface area (Å²) in [5, 5.41) is -0.280. The molecule has 0 saturated carbocycles. The van der Waals surface area contributed by atoms with Crippen LogP contribution in [-0.4, -0.2) is 37.2 Å². The van der Waals surface area contributed by atoms with Crippen LogP contribution in [0, 0.1) is 0 Å². The second-order valence-corrected chi connectivity index (χ2v) is 7.64. The van der Waals surface area contributed by atoms with Gasteiger partial charge in [0.1, 0.15) is 0 Å². The minimum absolute atomic E-state index is 0.0669. The Kier molecular flexibility index (Phi) is 3.46. The Hall–Kier alpha value is 0.220. The van der Waals surface area contributed by atoms with E-state index in [1.54, 1.807) is 0 Å². The molecule has 8 nitrogen and oxygen atoms in total. The Morgan fingerprint density at radius 1 is 1.20 bits per heavy atom. The summed E-state index contributed by atoms with van der Waals surface area (Å²) in [7, 11) is -9.97. The third-order valence-corrected chi connectivity index (χ3v) is 6.61. The summed E-state index contributed by atoms with van der Waals surface area (Å²) in [6.45, 7) is 0.0669. The lowest BCUT2D eigenvalue weighted by molar-refractivity contribution is 0.252. The molecular weight excluding hydrogens is 246 g/mol. The highest BCUT2D eigenvalue weighted by Crippen LogP contribution is 2.69. The van der Waals surface area contributed by atoms with Gasteiger partial charge in [-0.2, -0.15) is 0 Å². The van der Waals surface area contributed by atoms with Crippen molar-refractivity contribution in [1.82, 2.24) is 5.32 Å². The van der Waals surface area contributed by atoms with Crippen molar-refractivity contribution in [2.45, 2.75) is 23.9 Å². The van der Waals surface area contributed by atoms with Gasteiger partial charge in [-0.15, -0.1) is 0 Å². The number of rotatable bonds is 2. The van der Waals surface area contributed by atoms with E-state index in [-0.39, 0.29) is 6.54 Å². The number of hydrogen-bond donors (Lipinski definition) is 6. The van der Waals surface area contributed by atoms with Crippen LogP contribution in [-0.2, 0) is 9.13 Å². The molecule has 0 amide bonds. The maximum atomic E-state index is 11.2. The first-order valence-corrected chi connectivity index (χ1v) is 7.44. The molecule has 0 aromatic rings. The molecule has 10 heteroatoms. The van der Waals surface area contributed by atoms with Crippen LogP contribution in [0.3, 0.4) is 0 Å². The monoisotopic (exact) mass is 260 g/mol. The summed E-state index contributed by atoms with van der Waals surface area (Å²) in [4.78, 5) is 36.2. The van der Waals surface area contributed by atoms with Crippen LogP contribution >= 0.6 is 15.2 Å². The smallest absolute Gasteiger partial charge is 0.328 e. The molecule has 1 aliphatic heterocycles. The predicted molar refractivity (Wildman–Crippen MR) is 52.0 cm³/mol. The van der Waals surface area contributed by atoms with Crippen LogP contribution in [0.15, 0.2) is 0 Å². The summed E-state index contributed by atoms with van der Waals surface area (Å²) in [6, 6.07) is -0.633. The highest BCUT2D eigenvalue weighted by molar-refractivity contribution is 7.72. The third kappa shape index (κ3) is 2.33. The standard InChI is InChI=1S/C5H14N2O6P2/c6-4-1-2-7-5(3-4,14(8,9)10)15(11,12)13/h4,7H,1-3,6H2,(H2,8,9,10)(H2,11,12,13). The number of nitrogens with two attached hydrogens (primary N) is 1. The van der Waals surface area contributed by atoms with Crippen molar-refractivity contribution in [3.05, 3.63) is 0 Å². The fraction of sp³-hybridized carbons (Fsp3) is 1.00. The molecule has 1 aliphatic rings. The van der Waals surface area contributed by atoms with Gasteiger partial charge in [0, 0.05) is 12.5 Å². The van der Waals surface area contributed by atoms with Gasteiger partial charge in [0.15, 0.2) is 0 Å². The fourth-order valence-corrected chi connectivity index (χ4v) is 4.55. The molecule has 1 fully saturated rings. The minimum Gasteiger partial charge on any atom is -0.328 e. The lowest BCUT2D eigenvalue weighted by Crippen LogP contribution is -2.53. The van der Waals surface area contributed by atoms with Crippen LogP contribution in [0.4, 0.5) is 0 Å². The molecule has 1 heterocycles. The zero-order valence-electron chi connectivity index (χ0n) is 7.78. The second kappa shape index (κ2) is 3.91. The zero-order chi connectivity index (χ0) is 11.9. The summed E-state index contributed by atoms with van der Waals surface area (Å²) in [6.07, 6.45) is -0.0245. The highest BCUT2D eigenvalue weighted by Gasteiger charge is 2.61. The molecule has 7 N–H and O–H groups in total. The lowest BCUT2D eigenvalue weighted by Gasteiger charge is -2.40. The average molecular weight is 260 g/mol. The summed E-state index contributed by atoms with van der Waals surface area (Å²) in [5.74, 6) is 0. The first kappa shape index (κ1) is 13.3. The van der Waals surface area contributed by atoms with E-state index < -0.39 is 32.7 Å². The Morgan fingerprint density at radius 3 is 1.93 bits per heavy atom. The first-order chi connectivity index (χ1) is 6.60. The van der Waals surface area contributed by atoms with E-state index in [1.165, 1.54) is 0 Å². The SMILES string of the molecule is NC1CCNC(P(=O)(O)O)(P(=O)(O)O)C1. The number of hydrogen-bond acceptors (Lipinski definition) is 4. The molecule has 0 aliphatic carbocycles. The van der Waals surface area contributed by atoms with E-state index >= 15 is 0 Å². The molecule has 15 heavy (non-hydrogen) atoms. The van der Waals surface area contributed by atoms with E-state index in [0.717, 1.165) is 0 Å². The summed E-state index contributed by atoms with van der Waals surface area (Å²) in [5.41, 5.74) is 5.48. The summed E-state index contributed by atoms with van der Waals surface area (Å²) >= 11 is 0. The number of piperidine rings is 1. The van der Waals surface area contributed by atoms with Gasteiger partial charge >= 0.3 is 15.2 Å². The Balaban J connectivity index is 3.19. The molecule has 0 spiro atoms. The molecule has 0 aromatic heterocycles. The van der Waals surface area contributed by atoms with Gasteiger partial charge in [0.2, 0.25) is 5.02 Å². The average Bonchev–Trinajstić information content (AvgIpc) is 1.99. The maximum absolute atomic E-state index is 11.2. The maximum Gasteiger partial charge on any atom is 0.357 e. The first-order valence-electron chi connectivity index (χ1n) is 4.22. The molecule has 0 aromatic carbocycles. The van der Waals surface area contributed by atoms with E-state index in [9.17, 15) is 9.13 Å². The van der Waals surface area contributed by atoms with Crippen molar-refractivity contribution < 1.29 is 28.7 Å². The van der Waals surface area contributed by atoms with Crippen LogP contribution in [0.25, 0.3) is 0 Å². The molecule has 1 rings (SSSR count). The summed E-state index contributed by atoms with van der Waals surface area (Å²) < 4.78 is 22.4. The van der Waals surface area contributed by atoms with Gasteiger partial charge in [0.25, 0.3) is 0 Å². The van der Waals surface area contributed by atoms with Crippen LogP contribution in [0.1, 0.15) is 12.8 Å².